The number of rotatable bonds is 11. The molecular formula is C12H31NO3S2Si. The molecule has 0 rings (SSSR count). The molecule has 0 bridgehead atoms. The van der Waals surface area contributed by atoms with Crippen LogP contribution in [0.1, 0.15) is 33.6 Å². The summed E-state index contributed by atoms with van der Waals surface area (Å²) in [4.78, 5) is 0. The molecule has 118 valence electrons. The Labute approximate surface area is 131 Å². The zero-order valence-electron chi connectivity index (χ0n) is 12.6. The molecule has 0 aliphatic carbocycles. The van der Waals surface area contributed by atoms with E-state index in [1.54, 1.807) is 0 Å². The van der Waals surface area contributed by atoms with Crippen LogP contribution in [0.25, 0.3) is 0 Å². The lowest BCUT2D eigenvalue weighted by molar-refractivity contribution is 0.0710. The molecule has 0 aromatic carbocycles. The molecular weight excluding hydrogens is 298 g/mol. The van der Waals surface area contributed by atoms with Gasteiger partial charge in [-0.1, -0.05) is 0 Å². The molecule has 0 saturated heterocycles. The van der Waals surface area contributed by atoms with E-state index < -0.39 is 8.80 Å². The Balaban J connectivity index is 0. The third-order valence-corrected chi connectivity index (χ3v) is 5.88. The van der Waals surface area contributed by atoms with Crippen LogP contribution in [0.3, 0.4) is 0 Å². The summed E-state index contributed by atoms with van der Waals surface area (Å²) in [7, 11) is -2.40. The van der Waals surface area contributed by atoms with Crippen molar-refractivity contribution >= 4 is 34.1 Å². The number of thiol groups is 2. The van der Waals surface area contributed by atoms with Gasteiger partial charge in [-0.15, -0.1) is 0 Å². The molecule has 0 saturated carbocycles. The average molecular weight is 330 g/mol. The van der Waals surface area contributed by atoms with Crippen LogP contribution in [0.5, 0.6) is 0 Å². The molecule has 0 aliphatic heterocycles. The second-order valence-electron chi connectivity index (χ2n) is 3.68. The van der Waals surface area contributed by atoms with E-state index in [9.17, 15) is 0 Å². The highest BCUT2D eigenvalue weighted by Crippen LogP contribution is 2.17. The van der Waals surface area contributed by atoms with Crippen LogP contribution in [-0.4, -0.2) is 46.7 Å². The zero-order valence-corrected chi connectivity index (χ0v) is 15.3. The first kappa shape index (κ1) is 22.0. The first-order valence-electron chi connectivity index (χ1n) is 6.99. The summed E-state index contributed by atoms with van der Waals surface area (Å²) in [6, 6.07) is 0.818. The van der Waals surface area contributed by atoms with Gasteiger partial charge >= 0.3 is 8.80 Å². The molecule has 7 heteroatoms. The van der Waals surface area contributed by atoms with Gasteiger partial charge in [0.1, 0.15) is 0 Å². The third kappa shape index (κ3) is 13.5. The number of nitrogens with two attached hydrogens (primary N) is 1. The second-order valence-corrected chi connectivity index (χ2v) is 7.30. The molecule has 0 amide bonds. The van der Waals surface area contributed by atoms with Gasteiger partial charge in [0, 0.05) is 25.9 Å². The topological polar surface area (TPSA) is 53.7 Å². The Morgan fingerprint density at radius 1 is 0.842 bits per heavy atom. The Morgan fingerprint density at radius 2 is 1.26 bits per heavy atom. The van der Waals surface area contributed by atoms with Crippen LogP contribution in [-0.2, 0) is 13.3 Å². The highest BCUT2D eigenvalue weighted by Gasteiger charge is 2.39. The first-order chi connectivity index (χ1) is 9.16. The van der Waals surface area contributed by atoms with Gasteiger partial charge in [0.2, 0.25) is 0 Å². The minimum absolute atomic E-state index is 0.636. The summed E-state index contributed by atoms with van der Waals surface area (Å²) in [5.74, 6) is 1.92. The normalized spacial score (nSPS) is 11.1. The molecule has 4 nitrogen and oxygen atoms in total. The fourth-order valence-electron chi connectivity index (χ4n) is 1.39. The van der Waals surface area contributed by atoms with E-state index >= 15 is 0 Å². The molecule has 0 spiro atoms. The lowest BCUT2D eigenvalue weighted by Gasteiger charge is -2.28. The predicted molar refractivity (Wildman–Crippen MR) is 91.4 cm³/mol. The molecule has 0 heterocycles. The van der Waals surface area contributed by atoms with Gasteiger partial charge in [0.05, 0.1) is 0 Å². The molecule has 0 fully saturated rings. The van der Waals surface area contributed by atoms with Crippen molar-refractivity contribution in [1.29, 1.82) is 0 Å². The number of hydrogen-bond acceptors (Lipinski definition) is 6. The highest BCUT2D eigenvalue weighted by atomic mass is 32.1. The zero-order chi connectivity index (χ0) is 15.0. The average Bonchev–Trinajstić information content (AvgIpc) is 2.39. The molecule has 0 radical (unpaired) electrons. The van der Waals surface area contributed by atoms with Crippen molar-refractivity contribution in [3.05, 3.63) is 0 Å². The summed E-state index contributed by atoms with van der Waals surface area (Å²) in [6.45, 7) is 8.44. The molecule has 0 aromatic heterocycles. The van der Waals surface area contributed by atoms with Crippen molar-refractivity contribution in [2.24, 2.45) is 5.73 Å². The SMILES string of the molecule is CCO[Si](CCCN)(OCC)OCC.SCCCS. The third-order valence-electron chi connectivity index (χ3n) is 2.10. The van der Waals surface area contributed by atoms with Crippen molar-refractivity contribution in [3.8, 4) is 0 Å². The fourth-order valence-corrected chi connectivity index (χ4v) is 4.60. The minimum atomic E-state index is -2.40. The maximum Gasteiger partial charge on any atom is 0.500 e. The van der Waals surface area contributed by atoms with Crippen molar-refractivity contribution in [3.63, 3.8) is 0 Å². The standard InChI is InChI=1S/C9H23NO3Si.C3H8S2/c1-4-11-14(12-5-2,13-6-3)9-7-8-10;4-2-1-3-5/h4-10H2,1-3H3;4-5H,1-3H2. The number of hydrogen-bond donors (Lipinski definition) is 3. The van der Waals surface area contributed by atoms with E-state index in [0.29, 0.717) is 26.4 Å². The summed E-state index contributed by atoms with van der Waals surface area (Å²) < 4.78 is 17.0. The van der Waals surface area contributed by atoms with Crippen LogP contribution in [0.15, 0.2) is 0 Å². The van der Waals surface area contributed by atoms with Crippen LogP contribution in [0, 0.1) is 0 Å². The fraction of sp³-hybridized carbons (Fsp3) is 1.00. The van der Waals surface area contributed by atoms with E-state index in [1.165, 1.54) is 0 Å². The minimum Gasteiger partial charge on any atom is -0.374 e. The van der Waals surface area contributed by atoms with Crippen molar-refractivity contribution in [2.45, 2.75) is 39.7 Å². The summed E-state index contributed by atoms with van der Waals surface area (Å²) in [5, 5.41) is 0. The Morgan fingerprint density at radius 3 is 1.47 bits per heavy atom. The van der Waals surface area contributed by atoms with E-state index in [4.69, 9.17) is 19.0 Å². The van der Waals surface area contributed by atoms with Crippen LogP contribution in [0.2, 0.25) is 6.04 Å². The van der Waals surface area contributed by atoms with Crippen LogP contribution >= 0.6 is 25.3 Å². The molecule has 0 unspecified atom stereocenters. The highest BCUT2D eigenvalue weighted by molar-refractivity contribution is 7.81. The van der Waals surface area contributed by atoms with Crippen molar-refractivity contribution in [2.75, 3.05) is 37.9 Å². The molecule has 19 heavy (non-hydrogen) atoms. The van der Waals surface area contributed by atoms with Crippen molar-refractivity contribution in [1.82, 2.24) is 0 Å². The predicted octanol–water partition coefficient (Wildman–Crippen LogP) is 2.62. The summed E-state index contributed by atoms with van der Waals surface area (Å²) in [6.07, 6.45) is 2.01. The van der Waals surface area contributed by atoms with Gasteiger partial charge in [0.15, 0.2) is 0 Å². The van der Waals surface area contributed by atoms with E-state index in [-0.39, 0.29) is 0 Å². The maximum absolute atomic E-state index is 5.65. The monoisotopic (exact) mass is 329 g/mol. The van der Waals surface area contributed by atoms with Gasteiger partial charge in [-0.25, -0.2) is 0 Å². The maximum atomic E-state index is 5.65. The van der Waals surface area contributed by atoms with Gasteiger partial charge in [-0.3, -0.25) is 0 Å². The van der Waals surface area contributed by atoms with E-state index in [2.05, 4.69) is 25.3 Å². The quantitative estimate of drug-likeness (QED) is 0.403. The largest absolute Gasteiger partial charge is 0.500 e. The Kier molecular flexibility index (Phi) is 19.5. The molecule has 0 atom stereocenters. The Bertz CT molecular complexity index is 160. The van der Waals surface area contributed by atoms with E-state index in [1.807, 2.05) is 20.8 Å². The van der Waals surface area contributed by atoms with Crippen LogP contribution < -0.4 is 5.73 Å². The van der Waals surface area contributed by atoms with Crippen molar-refractivity contribution < 1.29 is 13.3 Å². The smallest absolute Gasteiger partial charge is 0.374 e. The molecule has 2 N–H and O–H groups in total. The van der Waals surface area contributed by atoms with Crippen LogP contribution in [0.4, 0.5) is 0 Å². The molecule has 0 aliphatic rings. The van der Waals surface area contributed by atoms with E-state index in [0.717, 1.165) is 30.4 Å². The second kappa shape index (κ2) is 16.8. The first-order valence-corrected chi connectivity index (χ1v) is 10.2. The van der Waals surface area contributed by atoms with Gasteiger partial charge in [0.25, 0.3) is 0 Å². The van der Waals surface area contributed by atoms with Gasteiger partial charge in [-0.05, 0) is 51.7 Å². The summed E-state index contributed by atoms with van der Waals surface area (Å²) >= 11 is 7.90. The lowest BCUT2D eigenvalue weighted by atomic mass is 10.5. The Hall–Kier alpha value is 0.757. The molecule has 0 aromatic rings. The van der Waals surface area contributed by atoms with Gasteiger partial charge < -0.3 is 19.0 Å². The van der Waals surface area contributed by atoms with Gasteiger partial charge in [-0.2, -0.15) is 25.3 Å². The summed E-state index contributed by atoms with van der Waals surface area (Å²) in [5.41, 5.74) is 5.48. The lowest BCUT2D eigenvalue weighted by Crippen LogP contribution is -2.46.